The molecule has 4 rings (SSSR count). The highest BCUT2D eigenvalue weighted by molar-refractivity contribution is 5.94. The number of rotatable bonds is 3. The van der Waals surface area contributed by atoms with Crippen molar-refractivity contribution >= 4 is 17.5 Å². The van der Waals surface area contributed by atoms with Crippen LogP contribution in [0.4, 0.5) is 11.6 Å². The van der Waals surface area contributed by atoms with Gasteiger partial charge in [-0.25, -0.2) is 9.97 Å². The predicted molar refractivity (Wildman–Crippen MR) is 107 cm³/mol. The molecule has 28 heavy (non-hydrogen) atoms. The van der Waals surface area contributed by atoms with Gasteiger partial charge in [-0.05, 0) is 43.5 Å². The second-order valence-electron chi connectivity index (χ2n) is 7.25. The Morgan fingerprint density at radius 1 is 0.857 bits per heavy atom. The Morgan fingerprint density at radius 2 is 1.46 bits per heavy atom. The highest BCUT2D eigenvalue weighted by atomic mass is 16.2. The summed E-state index contributed by atoms with van der Waals surface area (Å²) in [5.41, 5.74) is 1.19. The molecule has 0 N–H and O–H groups in total. The minimum absolute atomic E-state index is 0.0147. The Hall–Kier alpha value is -3.14. The van der Waals surface area contributed by atoms with Gasteiger partial charge < -0.3 is 14.7 Å². The van der Waals surface area contributed by atoms with Crippen LogP contribution in [-0.2, 0) is 0 Å². The molecule has 2 aromatic rings. The third-order valence-electron chi connectivity index (χ3n) is 5.47. The number of hydrogen-bond acceptors (Lipinski definition) is 6. The van der Waals surface area contributed by atoms with Gasteiger partial charge in [0, 0.05) is 50.9 Å². The largest absolute Gasteiger partial charge is 0.356 e. The van der Waals surface area contributed by atoms with Crippen LogP contribution < -0.4 is 9.80 Å². The molecule has 3 heterocycles. The summed E-state index contributed by atoms with van der Waals surface area (Å²) >= 11 is 0. The summed E-state index contributed by atoms with van der Waals surface area (Å²) in [4.78, 5) is 28.0. The number of aromatic nitrogens is 2. The Labute approximate surface area is 165 Å². The molecule has 0 radical (unpaired) electrons. The van der Waals surface area contributed by atoms with E-state index in [1.807, 2.05) is 4.90 Å². The fourth-order valence-corrected chi connectivity index (χ4v) is 3.81. The molecule has 144 valence electrons. The zero-order valence-corrected chi connectivity index (χ0v) is 15.9. The molecule has 2 saturated heterocycles. The van der Waals surface area contributed by atoms with Gasteiger partial charge in [-0.2, -0.15) is 5.26 Å². The van der Waals surface area contributed by atoms with Crippen molar-refractivity contribution in [3.63, 3.8) is 0 Å². The second-order valence-corrected chi connectivity index (χ2v) is 7.25. The molecule has 2 aliphatic rings. The molecule has 0 atom stereocenters. The molecule has 7 nitrogen and oxygen atoms in total. The van der Waals surface area contributed by atoms with E-state index in [1.54, 1.807) is 30.6 Å². The molecule has 1 aromatic carbocycles. The van der Waals surface area contributed by atoms with Crippen LogP contribution >= 0.6 is 0 Å². The van der Waals surface area contributed by atoms with Crippen LogP contribution in [0.3, 0.4) is 0 Å². The van der Waals surface area contributed by atoms with E-state index in [-0.39, 0.29) is 5.91 Å². The lowest BCUT2D eigenvalue weighted by Crippen LogP contribution is -2.49. The van der Waals surface area contributed by atoms with Crippen molar-refractivity contribution in [2.24, 2.45) is 0 Å². The van der Waals surface area contributed by atoms with E-state index in [9.17, 15) is 4.79 Å². The van der Waals surface area contributed by atoms with Crippen molar-refractivity contribution in [3.05, 3.63) is 47.8 Å². The smallest absolute Gasteiger partial charge is 0.253 e. The molecular formula is C21H24N6O. The van der Waals surface area contributed by atoms with E-state index in [0.717, 1.165) is 37.8 Å². The Bertz CT molecular complexity index is 861. The zero-order chi connectivity index (χ0) is 19.3. The summed E-state index contributed by atoms with van der Waals surface area (Å²) in [5.74, 6) is 1.95. The van der Waals surface area contributed by atoms with E-state index >= 15 is 0 Å². The summed E-state index contributed by atoms with van der Waals surface area (Å²) in [6.45, 7) is 4.92. The number of amides is 1. The summed E-state index contributed by atoms with van der Waals surface area (Å²) < 4.78 is 0. The number of carbonyl (C=O) groups excluding carboxylic acids is 1. The van der Waals surface area contributed by atoms with Gasteiger partial charge in [-0.15, -0.1) is 0 Å². The van der Waals surface area contributed by atoms with E-state index in [2.05, 4.69) is 31.9 Å². The first kappa shape index (κ1) is 18.2. The number of nitrogens with zero attached hydrogens (tertiary/aromatic N) is 6. The number of hydrogen-bond donors (Lipinski definition) is 0. The monoisotopic (exact) mass is 376 g/mol. The van der Waals surface area contributed by atoms with E-state index in [1.165, 1.54) is 19.3 Å². The fraction of sp³-hybridized carbons (Fsp3) is 0.429. The Morgan fingerprint density at radius 3 is 2.07 bits per heavy atom. The first-order chi connectivity index (χ1) is 13.7. The van der Waals surface area contributed by atoms with E-state index < -0.39 is 0 Å². The summed E-state index contributed by atoms with van der Waals surface area (Å²) in [7, 11) is 0. The molecule has 7 heteroatoms. The second kappa shape index (κ2) is 8.26. The van der Waals surface area contributed by atoms with Gasteiger partial charge in [-0.3, -0.25) is 4.79 Å². The van der Waals surface area contributed by atoms with Gasteiger partial charge in [-0.1, -0.05) is 0 Å². The van der Waals surface area contributed by atoms with Crippen molar-refractivity contribution in [1.29, 1.82) is 5.26 Å². The van der Waals surface area contributed by atoms with Crippen molar-refractivity contribution in [2.45, 2.75) is 19.3 Å². The minimum atomic E-state index is 0.0147. The fourth-order valence-electron chi connectivity index (χ4n) is 3.81. The van der Waals surface area contributed by atoms with Gasteiger partial charge in [0.05, 0.1) is 11.6 Å². The average molecular weight is 376 g/mol. The Kier molecular flexibility index (Phi) is 5.38. The third-order valence-corrected chi connectivity index (χ3v) is 5.47. The summed E-state index contributed by atoms with van der Waals surface area (Å²) in [5, 5.41) is 8.89. The maximum absolute atomic E-state index is 12.7. The number of carbonyl (C=O) groups is 1. The number of piperidine rings is 1. The van der Waals surface area contributed by atoms with E-state index in [0.29, 0.717) is 24.2 Å². The lowest BCUT2D eigenvalue weighted by Gasteiger charge is -2.36. The van der Waals surface area contributed by atoms with Crippen LogP contribution in [0.25, 0.3) is 0 Å². The number of piperazine rings is 1. The third kappa shape index (κ3) is 3.91. The van der Waals surface area contributed by atoms with Crippen molar-refractivity contribution < 1.29 is 4.79 Å². The maximum Gasteiger partial charge on any atom is 0.253 e. The molecule has 0 bridgehead atoms. The molecule has 1 aromatic heterocycles. The molecule has 2 fully saturated rings. The molecule has 1 amide bonds. The number of nitriles is 1. The molecule has 2 aliphatic heterocycles. The van der Waals surface area contributed by atoms with Crippen molar-refractivity contribution in [1.82, 2.24) is 14.9 Å². The van der Waals surface area contributed by atoms with Crippen LogP contribution in [-0.4, -0.2) is 60.0 Å². The van der Waals surface area contributed by atoms with Gasteiger partial charge in [0.1, 0.15) is 18.0 Å². The average Bonchev–Trinajstić information content (AvgIpc) is 2.79. The van der Waals surface area contributed by atoms with Crippen LogP contribution in [0.1, 0.15) is 35.2 Å². The zero-order valence-electron chi connectivity index (χ0n) is 15.9. The van der Waals surface area contributed by atoms with E-state index in [4.69, 9.17) is 5.26 Å². The number of benzene rings is 1. The molecule has 0 saturated carbocycles. The van der Waals surface area contributed by atoms with Crippen LogP contribution in [0.15, 0.2) is 36.7 Å². The van der Waals surface area contributed by atoms with Gasteiger partial charge in [0.25, 0.3) is 5.91 Å². The highest BCUT2D eigenvalue weighted by Gasteiger charge is 2.23. The normalized spacial score (nSPS) is 17.3. The summed E-state index contributed by atoms with van der Waals surface area (Å²) in [6.07, 6.45) is 5.38. The SMILES string of the molecule is N#Cc1ccc(C(=O)N2CCN(c3cc(N4CCCCC4)ncn3)CC2)cc1. The molecular weight excluding hydrogens is 352 g/mol. The number of anilines is 2. The molecule has 0 aliphatic carbocycles. The highest BCUT2D eigenvalue weighted by Crippen LogP contribution is 2.22. The molecule has 0 spiro atoms. The first-order valence-corrected chi connectivity index (χ1v) is 9.86. The quantitative estimate of drug-likeness (QED) is 0.818. The van der Waals surface area contributed by atoms with Gasteiger partial charge >= 0.3 is 0 Å². The lowest BCUT2D eigenvalue weighted by molar-refractivity contribution is 0.0746. The van der Waals surface area contributed by atoms with Gasteiger partial charge in [0.15, 0.2) is 0 Å². The standard InChI is InChI=1S/C21H24N6O/c22-15-17-4-6-18(7-5-17)21(28)27-12-10-26(11-13-27)20-14-19(23-16-24-20)25-8-2-1-3-9-25/h4-7,14,16H,1-3,8-13H2. The van der Waals surface area contributed by atoms with Crippen molar-refractivity contribution in [2.75, 3.05) is 49.1 Å². The lowest BCUT2D eigenvalue weighted by atomic mass is 10.1. The summed E-state index contributed by atoms with van der Waals surface area (Å²) in [6, 6.07) is 11.0. The van der Waals surface area contributed by atoms with Gasteiger partial charge in [0.2, 0.25) is 0 Å². The molecule has 0 unspecified atom stereocenters. The minimum Gasteiger partial charge on any atom is -0.356 e. The Balaban J connectivity index is 1.38. The topological polar surface area (TPSA) is 76.4 Å². The predicted octanol–water partition coefficient (Wildman–Crippen LogP) is 2.30. The van der Waals surface area contributed by atoms with Crippen LogP contribution in [0.5, 0.6) is 0 Å². The van der Waals surface area contributed by atoms with Crippen LogP contribution in [0, 0.1) is 11.3 Å². The van der Waals surface area contributed by atoms with Crippen LogP contribution in [0.2, 0.25) is 0 Å². The first-order valence-electron chi connectivity index (χ1n) is 9.86. The maximum atomic E-state index is 12.7. The van der Waals surface area contributed by atoms with Crippen molar-refractivity contribution in [3.8, 4) is 6.07 Å².